The number of aryl methyl sites for hydroxylation is 1. The Kier molecular flexibility index (Phi) is 4.33. The molecule has 0 fully saturated rings. The minimum absolute atomic E-state index is 0.0937. The molecule has 6 rings (SSSR count). The van der Waals surface area contributed by atoms with E-state index in [0.29, 0.717) is 11.8 Å². The molecule has 1 aromatic carbocycles. The summed E-state index contributed by atoms with van der Waals surface area (Å²) in [6, 6.07) is 9.09. The highest BCUT2D eigenvalue weighted by molar-refractivity contribution is 5.59. The maximum absolute atomic E-state index is 4.30. The van der Waals surface area contributed by atoms with Crippen molar-refractivity contribution < 1.29 is 0 Å². The van der Waals surface area contributed by atoms with Gasteiger partial charge in [0.05, 0.1) is 12.0 Å². The van der Waals surface area contributed by atoms with Gasteiger partial charge in [-0.15, -0.1) is 0 Å². The predicted molar refractivity (Wildman–Crippen MR) is 110 cm³/mol. The second-order valence-corrected chi connectivity index (χ2v) is 8.15. The molecular formula is C24H27N3. The molecule has 1 spiro atoms. The highest BCUT2D eigenvalue weighted by atomic mass is 14.9. The molecule has 2 N–H and O–H groups in total. The van der Waals surface area contributed by atoms with Crippen LogP contribution in [0.2, 0.25) is 0 Å². The maximum Gasteiger partial charge on any atom is 0.0923 e. The van der Waals surface area contributed by atoms with Crippen molar-refractivity contribution in [3.8, 4) is 0 Å². The maximum atomic E-state index is 4.30. The van der Waals surface area contributed by atoms with Crippen LogP contribution < -0.4 is 5.32 Å². The van der Waals surface area contributed by atoms with Crippen molar-refractivity contribution >= 4 is 0 Å². The summed E-state index contributed by atoms with van der Waals surface area (Å²) < 4.78 is 0. The Labute approximate surface area is 161 Å². The van der Waals surface area contributed by atoms with Gasteiger partial charge in [0.2, 0.25) is 0 Å². The van der Waals surface area contributed by atoms with Gasteiger partial charge in [-0.2, -0.15) is 0 Å². The Morgan fingerprint density at radius 2 is 2.15 bits per heavy atom. The lowest BCUT2D eigenvalue weighted by atomic mass is 9.55. The van der Waals surface area contributed by atoms with Crippen LogP contribution in [-0.2, 0) is 11.8 Å². The molecule has 1 heterocycles. The molecule has 4 aliphatic carbocycles. The van der Waals surface area contributed by atoms with Crippen LogP contribution in [0.4, 0.5) is 0 Å². The Bertz CT molecular complexity index is 890. The van der Waals surface area contributed by atoms with E-state index in [1.54, 1.807) is 11.9 Å². The lowest BCUT2D eigenvalue weighted by Crippen LogP contribution is -2.43. The largest absolute Gasteiger partial charge is 0.351 e. The molecule has 2 aromatic rings. The quantitative estimate of drug-likeness (QED) is 0.720. The summed E-state index contributed by atoms with van der Waals surface area (Å²) in [4.78, 5) is 7.33. The SMILES string of the molecule is C1=CC2=CC3(C=C1)CC(CNCCCCc1c[nH]cn1)C2c1ccccc13. The number of nitrogens with one attached hydrogen (secondary N) is 2. The van der Waals surface area contributed by atoms with Crippen LogP contribution in [-0.4, -0.2) is 23.1 Å². The number of hydrogen-bond acceptors (Lipinski definition) is 2. The molecule has 3 unspecified atom stereocenters. The number of aromatic nitrogens is 2. The summed E-state index contributed by atoms with van der Waals surface area (Å²) in [5.74, 6) is 1.20. The first-order chi connectivity index (χ1) is 13.4. The minimum Gasteiger partial charge on any atom is -0.351 e. The smallest absolute Gasteiger partial charge is 0.0923 e. The fourth-order valence-corrected chi connectivity index (χ4v) is 5.30. The van der Waals surface area contributed by atoms with Crippen LogP contribution in [0, 0.1) is 5.92 Å². The third kappa shape index (κ3) is 3.00. The zero-order valence-corrected chi connectivity index (χ0v) is 15.7. The second-order valence-electron chi connectivity index (χ2n) is 8.15. The van der Waals surface area contributed by atoms with Crippen molar-refractivity contribution in [2.75, 3.05) is 13.1 Å². The Morgan fingerprint density at radius 3 is 3.07 bits per heavy atom. The van der Waals surface area contributed by atoms with Gasteiger partial charge in [0.15, 0.2) is 0 Å². The van der Waals surface area contributed by atoms with Crippen molar-refractivity contribution in [1.82, 2.24) is 15.3 Å². The molecule has 0 radical (unpaired) electrons. The first kappa shape index (κ1) is 16.8. The topological polar surface area (TPSA) is 40.7 Å². The van der Waals surface area contributed by atoms with Gasteiger partial charge in [0.1, 0.15) is 0 Å². The molecule has 3 heteroatoms. The third-order valence-corrected chi connectivity index (χ3v) is 6.44. The molecular weight excluding hydrogens is 330 g/mol. The number of allylic oxidation sites excluding steroid dienone is 6. The number of H-pyrrole nitrogens is 1. The molecule has 27 heavy (non-hydrogen) atoms. The van der Waals surface area contributed by atoms with Crippen molar-refractivity contribution in [1.29, 1.82) is 0 Å². The van der Waals surface area contributed by atoms with E-state index in [0.717, 1.165) is 19.5 Å². The molecule has 0 amide bonds. The molecule has 0 saturated heterocycles. The van der Waals surface area contributed by atoms with Gasteiger partial charge in [-0.3, -0.25) is 0 Å². The number of unbranched alkanes of at least 4 members (excludes halogenated alkanes) is 1. The number of aromatic amines is 1. The molecule has 0 aliphatic heterocycles. The summed E-state index contributed by atoms with van der Waals surface area (Å²) in [7, 11) is 0. The van der Waals surface area contributed by atoms with Gasteiger partial charge in [-0.25, -0.2) is 4.98 Å². The number of fused-ring (bicyclic) bond motifs is 1. The van der Waals surface area contributed by atoms with Crippen LogP contribution in [0.15, 0.2) is 72.7 Å². The third-order valence-electron chi connectivity index (χ3n) is 6.44. The summed E-state index contributed by atoms with van der Waals surface area (Å²) in [6.45, 7) is 2.19. The van der Waals surface area contributed by atoms with E-state index in [4.69, 9.17) is 0 Å². The number of hydrogen-bond donors (Lipinski definition) is 2. The summed E-state index contributed by atoms with van der Waals surface area (Å²) in [6.07, 6.45) is 20.2. The number of nitrogens with zero attached hydrogens (tertiary/aromatic N) is 1. The summed E-state index contributed by atoms with van der Waals surface area (Å²) in [5.41, 5.74) is 5.84. The lowest BCUT2D eigenvalue weighted by molar-refractivity contribution is 0.309. The van der Waals surface area contributed by atoms with Gasteiger partial charge >= 0.3 is 0 Å². The van der Waals surface area contributed by atoms with Crippen molar-refractivity contribution in [2.24, 2.45) is 5.92 Å². The van der Waals surface area contributed by atoms with Gasteiger partial charge in [-0.05, 0) is 61.4 Å². The molecule has 3 atom stereocenters. The second kappa shape index (κ2) is 6.97. The zero-order valence-electron chi connectivity index (χ0n) is 15.7. The van der Waals surface area contributed by atoms with Crippen LogP contribution in [0.1, 0.15) is 42.0 Å². The van der Waals surface area contributed by atoms with E-state index in [1.807, 2.05) is 6.20 Å². The average Bonchev–Trinajstić information content (AvgIpc) is 3.17. The number of benzene rings is 1. The highest BCUT2D eigenvalue weighted by Crippen LogP contribution is 2.56. The number of rotatable bonds is 7. The van der Waals surface area contributed by atoms with Crippen LogP contribution in [0.3, 0.4) is 0 Å². The Hall–Kier alpha value is -2.39. The number of imidazole rings is 1. The summed E-state index contributed by atoms with van der Waals surface area (Å²) >= 11 is 0. The Morgan fingerprint density at radius 1 is 1.19 bits per heavy atom. The normalized spacial score (nSPS) is 27.3. The minimum atomic E-state index is 0.0937. The van der Waals surface area contributed by atoms with E-state index in [9.17, 15) is 0 Å². The fraction of sp³-hybridized carbons (Fsp3) is 0.375. The van der Waals surface area contributed by atoms with E-state index < -0.39 is 0 Å². The lowest BCUT2D eigenvalue weighted by Gasteiger charge is -2.49. The van der Waals surface area contributed by atoms with Crippen LogP contribution in [0.25, 0.3) is 0 Å². The first-order valence-electron chi connectivity index (χ1n) is 10.2. The fourth-order valence-electron chi connectivity index (χ4n) is 5.30. The average molecular weight is 358 g/mol. The van der Waals surface area contributed by atoms with Gasteiger partial charge in [-0.1, -0.05) is 54.6 Å². The van der Waals surface area contributed by atoms with Crippen LogP contribution in [0.5, 0.6) is 0 Å². The zero-order chi connectivity index (χ0) is 18.1. The van der Waals surface area contributed by atoms with E-state index in [-0.39, 0.29) is 5.41 Å². The van der Waals surface area contributed by atoms with Crippen LogP contribution >= 0.6 is 0 Å². The van der Waals surface area contributed by atoms with E-state index in [1.165, 1.54) is 36.1 Å². The molecule has 4 aliphatic rings. The summed E-state index contributed by atoms with van der Waals surface area (Å²) in [5, 5.41) is 3.75. The van der Waals surface area contributed by atoms with Gasteiger partial charge in [0.25, 0.3) is 0 Å². The highest BCUT2D eigenvalue weighted by Gasteiger charge is 2.47. The van der Waals surface area contributed by atoms with E-state index >= 15 is 0 Å². The molecule has 3 bridgehead atoms. The first-order valence-corrected chi connectivity index (χ1v) is 10.2. The van der Waals surface area contributed by atoms with Gasteiger partial charge in [0, 0.05) is 17.5 Å². The predicted octanol–water partition coefficient (Wildman–Crippen LogP) is 4.43. The monoisotopic (exact) mass is 357 g/mol. The standard InChI is InChI=1S/C24H27N3/c1-2-10-22-21(9-1)23-18-7-3-5-11-24(22,13-18)14-19(23)15-25-12-6-4-8-20-16-26-17-27-20/h1-3,5,7,9-11,13,16-17,19,23,25H,4,6,8,12,14-15H2,(H,26,27). The molecule has 0 saturated carbocycles. The molecule has 138 valence electrons. The van der Waals surface area contributed by atoms with Crippen molar-refractivity contribution in [2.45, 2.75) is 37.0 Å². The van der Waals surface area contributed by atoms with Gasteiger partial charge < -0.3 is 10.3 Å². The van der Waals surface area contributed by atoms with Crippen molar-refractivity contribution in [3.05, 3.63) is 89.6 Å². The van der Waals surface area contributed by atoms with Crippen molar-refractivity contribution in [3.63, 3.8) is 0 Å². The molecule has 1 aromatic heterocycles. The Balaban J connectivity index is 1.24. The molecule has 3 nitrogen and oxygen atoms in total. The van der Waals surface area contributed by atoms with E-state index in [2.05, 4.69) is 69.9 Å².